The first-order chi connectivity index (χ1) is 8.47. The number of hydrogen-bond acceptors (Lipinski definition) is 0. The lowest BCUT2D eigenvalue weighted by molar-refractivity contribution is 1.35. The molecule has 1 aromatic carbocycles. The van der Waals surface area contributed by atoms with E-state index >= 15 is 0 Å². The summed E-state index contributed by atoms with van der Waals surface area (Å²) in [5.41, 5.74) is 7.41. The van der Waals surface area contributed by atoms with Gasteiger partial charge in [-0.1, -0.05) is 54.7 Å². The third-order valence-corrected chi connectivity index (χ3v) is 2.96. The maximum atomic E-state index is 4.01. The van der Waals surface area contributed by atoms with Crippen molar-refractivity contribution in [2.45, 2.75) is 27.7 Å². The van der Waals surface area contributed by atoms with E-state index in [9.17, 15) is 0 Å². The van der Waals surface area contributed by atoms with Crippen molar-refractivity contribution >= 4 is 11.1 Å². The van der Waals surface area contributed by atoms with Gasteiger partial charge in [-0.2, -0.15) is 0 Å². The molecular formula is C18H22. The molecule has 0 nitrogen and oxygen atoms in total. The summed E-state index contributed by atoms with van der Waals surface area (Å²) in [7, 11) is 0. The Balaban J connectivity index is 3.41. The average molecular weight is 238 g/mol. The maximum Gasteiger partial charge on any atom is -0.0149 e. The van der Waals surface area contributed by atoms with E-state index in [4.69, 9.17) is 0 Å². The van der Waals surface area contributed by atoms with E-state index in [0.29, 0.717) is 0 Å². The molecule has 0 heterocycles. The van der Waals surface area contributed by atoms with Crippen LogP contribution in [0.1, 0.15) is 37.5 Å². The highest BCUT2D eigenvalue weighted by atomic mass is 14.1. The topological polar surface area (TPSA) is 0 Å². The molecule has 0 unspecified atom stereocenters. The lowest BCUT2D eigenvalue weighted by atomic mass is 9.93. The first-order valence-corrected chi connectivity index (χ1v) is 6.21. The number of allylic oxidation sites excluding steroid dienone is 6. The molecule has 0 saturated carbocycles. The zero-order valence-corrected chi connectivity index (χ0v) is 11.9. The van der Waals surface area contributed by atoms with Crippen LogP contribution in [0.4, 0.5) is 0 Å². The predicted octanol–water partition coefficient (Wildman–Crippen LogP) is 5.56. The molecule has 0 spiro atoms. The third-order valence-electron chi connectivity index (χ3n) is 2.96. The Hall–Kier alpha value is -1.82. The fraction of sp³-hybridized carbons (Fsp3) is 0.222. The van der Waals surface area contributed by atoms with Crippen molar-refractivity contribution < 1.29 is 0 Å². The second kappa shape index (κ2) is 6.20. The van der Waals surface area contributed by atoms with Gasteiger partial charge in [-0.3, -0.25) is 0 Å². The summed E-state index contributed by atoms with van der Waals surface area (Å²) in [4.78, 5) is 0. The van der Waals surface area contributed by atoms with Gasteiger partial charge >= 0.3 is 0 Å². The number of rotatable bonds is 4. The van der Waals surface area contributed by atoms with Crippen LogP contribution in [0.3, 0.4) is 0 Å². The quantitative estimate of drug-likeness (QED) is 0.602. The second-order valence-corrected chi connectivity index (χ2v) is 4.82. The maximum absolute atomic E-state index is 4.01. The molecule has 0 atom stereocenters. The molecule has 1 rings (SSSR count). The largest absolute Gasteiger partial charge is 0.0991 e. The summed E-state index contributed by atoms with van der Waals surface area (Å²) in [5.74, 6) is 0. The molecule has 0 aromatic heterocycles. The summed E-state index contributed by atoms with van der Waals surface area (Å²) in [6.45, 7) is 16.2. The van der Waals surface area contributed by atoms with Gasteiger partial charge in [0.05, 0.1) is 0 Å². The molecule has 0 aliphatic carbocycles. The molecule has 0 N–H and O–H groups in total. The van der Waals surface area contributed by atoms with Gasteiger partial charge in [0.2, 0.25) is 0 Å². The normalized spacial score (nSPS) is 10.4. The third kappa shape index (κ3) is 3.33. The van der Waals surface area contributed by atoms with Gasteiger partial charge in [0.15, 0.2) is 0 Å². The Labute approximate surface area is 111 Å². The molecule has 0 amide bonds. The minimum absolute atomic E-state index is 1.09. The van der Waals surface area contributed by atoms with Crippen molar-refractivity contribution in [2.75, 3.05) is 0 Å². The fourth-order valence-corrected chi connectivity index (χ4v) is 1.87. The summed E-state index contributed by atoms with van der Waals surface area (Å²) >= 11 is 0. The lowest BCUT2D eigenvalue weighted by Gasteiger charge is -2.12. The van der Waals surface area contributed by atoms with E-state index in [1.165, 1.54) is 27.8 Å². The highest BCUT2D eigenvalue weighted by Gasteiger charge is 2.06. The zero-order chi connectivity index (χ0) is 13.7. The van der Waals surface area contributed by atoms with Crippen LogP contribution >= 0.6 is 0 Å². The summed E-state index contributed by atoms with van der Waals surface area (Å²) < 4.78 is 0. The van der Waals surface area contributed by atoms with E-state index in [0.717, 1.165) is 5.57 Å². The van der Waals surface area contributed by atoms with Gasteiger partial charge in [0.1, 0.15) is 0 Å². The summed E-state index contributed by atoms with van der Waals surface area (Å²) in [6.07, 6.45) is 5.91. The Morgan fingerprint density at radius 3 is 2.33 bits per heavy atom. The van der Waals surface area contributed by atoms with Gasteiger partial charge in [-0.05, 0) is 56.0 Å². The molecule has 0 radical (unpaired) electrons. The fourth-order valence-electron chi connectivity index (χ4n) is 1.87. The van der Waals surface area contributed by atoms with Crippen molar-refractivity contribution in [2.24, 2.45) is 0 Å². The Morgan fingerprint density at radius 2 is 1.83 bits per heavy atom. The van der Waals surface area contributed by atoms with Crippen LogP contribution < -0.4 is 0 Å². The second-order valence-electron chi connectivity index (χ2n) is 4.82. The molecule has 0 aliphatic heterocycles. The number of benzene rings is 1. The van der Waals surface area contributed by atoms with Crippen LogP contribution in [0, 0.1) is 6.92 Å². The van der Waals surface area contributed by atoms with Gasteiger partial charge in [0.25, 0.3) is 0 Å². The van der Waals surface area contributed by atoms with E-state index in [2.05, 4.69) is 58.2 Å². The minimum atomic E-state index is 1.09. The highest BCUT2D eigenvalue weighted by Crippen LogP contribution is 2.26. The van der Waals surface area contributed by atoms with Crippen LogP contribution in [-0.2, 0) is 0 Å². The SMILES string of the molecule is C=C/C=C\C(=C(C)C)c1cc(C(=C)C)ccc1C. The molecular weight excluding hydrogens is 216 g/mol. The first-order valence-electron chi connectivity index (χ1n) is 6.21. The van der Waals surface area contributed by atoms with E-state index in [1.54, 1.807) is 6.08 Å². The standard InChI is InChI=1S/C18H22/c1-7-8-9-17(14(4)5)18-12-16(13(2)3)11-10-15(18)6/h7-12H,1-2H2,3-6H3/b9-8-. The minimum Gasteiger partial charge on any atom is -0.0991 e. The lowest BCUT2D eigenvalue weighted by Crippen LogP contribution is -1.91. The van der Waals surface area contributed by atoms with Gasteiger partial charge in [-0.15, -0.1) is 0 Å². The van der Waals surface area contributed by atoms with Crippen LogP contribution in [-0.4, -0.2) is 0 Å². The Bertz CT molecular complexity index is 521. The molecule has 0 heteroatoms. The van der Waals surface area contributed by atoms with Crippen LogP contribution in [0.2, 0.25) is 0 Å². The van der Waals surface area contributed by atoms with Crippen LogP contribution in [0.25, 0.3) is 11.1 Å². The average Bonchev–Trinajstić information content (AvgIpc) is 2.31. The summed E-state index contributed by atoms with van der Waals surface area (Å²) in [6, 6.07) is 6.50. The van der Waals surface area contributed by atoms with Gasteiger partial charge < -0.3 is 0 Å². The molecule has 0 fully saturated rings. The Kier molecular flexibility index (Phi) is 4.91. The molecule has 94 valence electrons. The predicted molar refractivity (Wildman–Crippen MR) is 83.5 cm³/mol. The van der Waals surface area contributed by atoms with Crippen molar-refractivity contribution in [1.82, 2.24) is 0 Å². The molecule has 1 aromatic rings. The van der Waals surface area contributed by atoms with Gasteiger partial charge in [0, 0.05) is 0 Å². The molecule has 18 heavy (non-hydrogen) atoms. The molecule has 0 bridgehead atoms. The monoisotopic (exact) mass is 238 g/mol. The van der Waals surface area contributed by atoms with Crippen LogP contribution in [0.5, 0.6) is 0 Å². The van der Waals surface area contributed by atoms with Crippen molar-refractivity contribution in [1.29, 1.82) is 0 Å². The Morgan fingerprint density at radius 1 is 1.17 bits per heavy atom. The van der Waals surface area contributed by atoms with Crippen LogP contribution in [0.15, 0.2) is 55.2 Å². The molecule has 0 aliphatic rings. The van der Waals surface area contributed by atoms with Crippen molar-refractivity contribution in [3.05, 3.63) is 71.8 Å². The van der Waals surface area contributed by atoms with Crippen molar-refractivity contribution in [3.63, 3.8) is 0 Å². The van der Waals surface area contributed by atoms with E-state index in [1.807, 2.05) is 13.0 Å². The molecule has 0 saturated heterocycles. The highest BCUT2D eigenvalue weighted by molar-refractivity contribution is 5.80. The van der Waals surface area contributed by atoms with Gasteiger partial charge in [-0.25, -0.2) is 0 Å². The van der Waals surface area contributed by atoms with E-state index in [-0.39, 0.29) is 0 Å². The number of aryl methyl sites for hydroxylation is 1. The van der Waals surface area contributed by atoms with E-state index < -0.39 is 0 Å². The van der Waals surface area contributed by atoms with Crippen molar-refractivity contribution in [3.8, 4) is 0 Å². The number of hydrogen-bond donors (Lipinski definition) is 0. The zero-order valence-electron chi connectivity index (χ0n) is 11.9. The first kappa shape index (κ1) is 14.2. The smallest absolute Gasteiger partial charge is 0.0149 e. The summed E-state index contributed by atoms with van der Waals surface area (Å²) in [5, 5.41) is 0.